The van der Waals surface area contributed by atoms with Gasteiger partial charge in [0.05, 0.1) is 28.9 Å². The number of para-hydroxylation sites is 2. The molecule has 1 aliphatic rings. The number of aryl methyl sites for hydroxylation is 1. The van der Waals surface area contributed by atoms with Crippen LogP contribution >= 0.6 is 11.8 Å². The Morgan fingerprint density at radius 1 is 0.868 bits per heavy atom. The van der Waals surface area contributed by atoms with Crippen LogP contribution in [0.1, 0.15) is 11.1 Å². The van der Waals surface area contributed by atoms with Crippen molar-refractivity contribution in [2.45, 2.75) is 11.8 Å². The van der Waals surface area contributed by atoms with E-state index >= 15 is 0 Å². The summed E-state index contributed by atoms with van der Waals surface area (Å²) in [6.07, 6.45) is 5.42. The van der Waals surface area contributed by atoms with Crippen molar-refractivity contribution in [2.24, 2.45) is 5.10 Å². The van der Waals surface area contributed by atoms with Gasteiger partial charge in [-0.15, -0.1) is 11.8 Å². The highest BCUT2D eigenvalue weighted by Gasteiger charge is 2.31. The zero-order chi connectivity index (χ0) is 25.9. The van der Waals surface area contributed by atoms with E-state index in [9.17, 15) is 4.79 Å². The van der Waals surface area contributed by atoms with E-state index < -0.39 is 0 Å². The largest absolute Gasteiger partial charge is 0.463 e. The number of carbonyl (C=O) groups is 1. The zero-order valence-corrected chi connectivity index (χ0v) is 21.5. The summed E-state index contributed by atoms with van der Waals surface area (Å²) in [6.45, 7) is 2.07. The molecule has 1 amide bonds. The smallest absolute Gasteiger partial charge is 0.280 e. The van der Waals surface area contributed by atoms with Gasteiger partial charge in [-0.05, 0) is 61.5 Å². The number of carbonyl (C=O) groups excluding carboxylic acids is 1. The molecule has 6 nitrogen and oxygen atoms in total. The molecule has 5 aromatic rings. The summed E-state index contributed by atoms with van der Waals surface area (Å²) in [5.74, 6) is 1.00. The topological polar surface area (TPSA) is 63.6 Å². The Morgan fingerprint density at radius 2 is 1.58 bits per heavy atom. The van der Waals surface area contributed by atoms with Crippen LogP contribution in [0.4, 0.5) is 5.69 Å². The Balaban J connectivity index is 1.41. The summed E-state index contributed by atoms with van der Waals surface area (Å²) in [5.41, 5.74) is 5.52. The number of amides is 1. The van der Waals surface area contributed by atoms with Gasteiger partial charge in [-0.25, -0.2) is 4.68 Å². The summed E-state index contributed by atoms with van der Waals surface area (Å²) < 4.78 is 7.50. The first-order chi connectivity index (χ1) is 18.7. The van der Waals surface area contributed by atoms with Crippen LogP contribution in [0.2, 0.25) is 0 Å². The SMILES string of the molecule is Cc1ccc(SCC2=NN(c3ccccc3)C(=O)C2=Cc2cn(-c3ccccc3)nc2-c2ccco2)cc1. The lowest BCUT2D eigenvalue weighted by molar-refractivity contribution is -0.114. The normalized spacial score (nSPS) is 14.3. The van der Waals surface area contributed by atoms with Gasteiger partial charge < -0.3 is 4.42 Å². The molecule has 0 saturated carbocycles. The molecule has 38 heavy (non-hydrogen) atoms. The van der Waals surface area contributed by atoms with Gasteiger partial charge in [0.1, 0.15) is 5.69 Å². The van der Waals surface area contributed by atoms with Crippen LogP contribution < -0.4 is 5.01 Å². The summed E-state index contributed by atoms with van der Waals surface area (Å²) in [6, 6.07) is 31.4. The number of aromatic nitrogens is 2. The molecule has 0 atom stereocenters. The molecule has 2 aromatic heterocycles. The van der Waals surface area contributed by atoms with Crippen molar-refractivity contribution >= 4 is 35.1 Å². The molecule has 0 bridgehead atoms. The van der Waals surface area contributed by atoms with Gasteiger partial charge in [-0.1, -0.05) is 54.1 Å². The first-order valence-electron chi connectivity index (χ1n) is 12.2. The molecule has 0 fully saturated rings. The third-order valence-corrected chi connectivity index (χ3v) is 7.19. The quantitative estimate of drug-likeness (QED) is 0.172. The number of nitrogens with zero attached hydrogens (tertiary/aromatic N) is 4. The Hall–Kier alpha value is -4.62. The number of hydrogen-bond acceptors (Lipinski definition) is 5. The highest BCUT2D eigenvalue weighted by Crippen LogP contribution is 2.31. The van der Waals surface area contributed by atoms with Gasteiger partial charge >= 0.3 is 0 Å². The molecule has 0 N–H and O–H groups in total. The van der Waals surface area contributed by atoms with E-state index in [1.165, 1.54) is 10.6 Å². The predicted molar refractivity (Wildman–Crippen MR) is 153 cm³/mol. The average molecular weight is 517 g/mol. The van der Waals surface area contributed by atoms with Crippen molar-refractivity contribution in [2.75, 3.05) is 10.8 Å². The molecule has 1 aliphatic heterocycles. The molecule has 6 rings (SSSR count). The second-order valence-electron chi connectivity index (χ2n) is 8.85. The lowest BCUT2D eigenvalue weighted by Crippen LogP contribution is -2.21. The molecule has 7 heteroatoms. The van der Waals surface area contributed by atoms with Crippen molar-refractivity contribution in [3.63, 3.8) is 0 Å². The summed E-state index contributed by atoms with van der Waals surface area (Å²) >= 11 is 1.65. The number of hydrazone groups is 1. The second-order valence-corrected chi connectivity index (χ2v) is 9.90. The lowest BCUT2D eigenvalue weighted by atomic mass is 10.1. The fraction of sp³-hybridized carbons (Fsp3) is 0.0645. The van der Waals surface area contributed by atoms with E-state index in [0.29, 0.717) is 28.5 Å². The van der Waals surface area contributed by atoms with E-state index in [-0.39, 0.29) is 5.91 Å². The molecular weight excluding hydrogens is 492 g/mol. The molecule has 186 valence electrons. The fourth-order valence-electron chi connectivity index (χ4n) is 4.21. The molecule has 0 saturated heterocycles. The predicted octanol–water partition coefficient (Wildman–Crippen LogP) is 7.02. The number of thioether (sulfide) groups is 1. The molecule has 0 unspecified atom stereocenters. The minimum atomic E-state index is -0.173. The average Bonchev–Trinajstić information content (AvgIpc) is 3.70. The number of benzene rings is 3. The Labute approximate surface area is 224 Å². The molecule has 0 aliphatic carbocycles. The number of hydrogen-bond donors (Lipinski definition) is 0. The molecule has 0 spiro atoms. The summed E-state index contributed by atoms with van der Waals surface area (Å²) in [7, 11) is 0. The summed E-state index contributed by atoms with van der Waals surface area (Å²) in [5, 5.41) is 11.0. The van der Waals surface area contributed by atoms with Crippen LogP contribution in [0.5, 0.6) is 0 Å². The van der Waals surface area contributed by atoms with E-state index in [4.69, 9.17) is 14.6 Å². The third-order valence-electron chi connectivity index (χ3n) is 6.17. The van der Waals surface area contributed by atoms with Gasteiger partial charge in [0.2, 0.25) is 0 Å². The summed E-state index contributed by atoms with van der Waals surface area (Å²) in [4.78, 5) is 14.9. The van der Waals surface area contributed by atoms with Gasteiger partial charge in [0, 0.05) is 22.4 Å². The van der Waals surface area contributed by atoms with Crippen LogP contribution in [0.25, 0.3) is 23.2 Å². The van der Waals surface area contributed by atoms with Crippen molar-refractivity contribution in [3.05, 3.63) is 126 Å². The molecule has 3 aromatic carbocycles. The third kappa shape index (κ3) is 4.84. The maximum Gasteiger partial charge on any atom is 0.280 e. The Bertz CT molecular complexity index is 1620. The Kier molecular flexibility index (Phi) is 6.50. The molecular formula is C31H24N4O2S. The standard InChI is InChI=1S/C31H24N4O2S/c1-22-14-16-26(17-15-22)38-21-28-27(31(36)35(32-28)25-11-6-3-7-12-25)19-23-20-34(24-9-4-2-5-10-24)33-30(23)29-13-8-18-37-29/h2-20H,21H2,1H3. The van der Waals surface area contributed by atoms with Gasteiger partial charge in [-0.3, -0.25) is 4.79 Å². The second kappa shape index (κ2) is 10.4. The van der Waals surface area contributed by atoms with Crippen molar-refractivity contribution in [1.82, 2.24) is 9.78 Å². The maximum absolute atomic E-state index is 13.7. The van der Waals surface area contributed by atoms with Crippen LogP contribution in [0.3, 0.4) is 0 Å². The Morgan fingerprint density at radius 3 is 2.26 bits per heavy atom. The minimum absolute atomic E-state index is 0.173. The molecule has 0 radical (unpaired) electrons. The first kappa shape index (κ1) is 23.8. The fourth-order valence-corrected chi connectivity index (χ4v) is 5.05. The van der Waals surface area contributed by atoms with E-state index in [1.54, 1.807) is 22.7 Å². The minimum Gasteiger partial charge on any atom is -0.463 e. The van der Waals surface area contributed by atoms with E-state index in [0.717, 1.165) is 21.8 Å². The van der Waals surface area contributed by atoms with E-state index in [1.807, 2.05) is 85.1 Å². The number of rotatable bonds is 7. The lowest BCUT2D eigenvalue weighted by Gasteiger charge is -2.10. The van der Waals surface area contributed by atoms with Gasteiger partial charge in [-0.2, -0.15) is 15.2 Å². The highest BCUT2D eigenvalue weighted by atomic mass is 32.2. The highest BCUT2D eigenvalue weighted by molar-refractivity contribution is 8.00. The maximum atomic E-state index is 13.7. The van der Waals surface area contributed by atoms with E-state index in [2.05, 4.69) is 31.2 Å². The van der Waals surface area contributed by atoms with Crippen LogP contribution in [-0.2, 0) is 4.79 Å². The van der Waals surface area contributed by atoms with Crippen LogP contribution in [0.15, 0.2) is 130 Å². The molecule has 3 heterocycles. The van der Waals surface area contributed by atoms with Gasteiger partial charge in [0.25, 0.3) is 5.91 Å². The first-order valence-corrected chi connectivity index (χ1v) is 13.2. The van der Waals surface area contributed by atoms with Crippen LogP contribution in [-0.4, -0.2) is 27.2 Å². The van der Waals surface area contributed by atoms with Crippen LogP contribution in [0, 0.1) is 6.92 Å². The van der Waals surface area contributed by atoms with Gasteiger partial charge in [0.15, 0.2) is 5.76 Å². The van der Waals surface area contributed by atoms with Crippen molar-refractivity contribution in [3.8, 4) is 17.1 Å². The zero-order valence-electron chi connectivity index (χ0n) is 20.7. The monoisotopic (exact) mass is 516 g/mol. The number of furan rings is 1. The number of anilines is 1. The van der Waals surface area contributed by atoms with Crippen molar-refractivity contribution in [1.29, 1.82) is 0 Å². The van der Waals surface area contributed by atoms with Crippen molar-refractivity contribution < 1.29 is 9.21 Å².